The molecule has 0 N–H and O–H groups in total. The van der Waals surface area contributed by atoms with Crippen LogP contribution in [-0.4, -0.2) is 8.76 Å². The van der Waals surface area contributed by atoms with E-state index < -0.39 is 11.1 Å². The monoisotopic (exact) mass is 213 g/mol. The summed E-state index contributed by atoms with van der Waals surface area (Å²) in [6, 6.07) is 5.14. The second-order valence-electron chi connectivity index (χ2n) is 2.37. The summed E-state index contributed by atoms with van der Waals surface area (Å²) < 4.78 is 26.4. The second-order valence-corrected chi connectivity index (χ2v) is 4.62. The first-order chi connectivity index (χ1) is 6.27. The lowest BCUT2D eigenvalue weighted by atomic mass is 10.3. The molecule has 0 saturated carbocycles. The lowest BCUT2D eigenvalue weighted by Gasteiger charge is -1.97. The van der Waals surface area contributed by atoms with Crippen molar-refractivity contribution in [2.75, 3.05) is 0 Å². The van der Waals surface area contributed by atoms with Crippen molar-refractivity contribution >= 4 is 22.4 Å². The van der Waals surface area contributed by atoms with Crippen LogP contribution in [-0.2, 0) is 11.1 Å². The van der Waals surface area contributed by atoms with Crippen LogP contribution >= 0.6 is 11.3 Å². The van der Waals surface area contributed by atoms with Crippen molar-refractivity contribution in [3.05, 3.63) is 30.7 Å². The van der Waals surface area contributed by atoms with Gasteiger partial charge in [-0.25, -0.2) is 0 Å². The van der Waals surface area contributed by atoms with E-state index in [0.717, 1.165) is 10.4 Å². The Bertz CT molecular complexity index is 416. The molecule has 5 heteroatoms. The third-order valence-corrected chi connectivity index (χ3v) is 3.60. The quantitative estimate of drug-likeness (QED) is 0.719. The van der Waals surface area contributed by atoms with E-state index in [1.807, 2.05) is 0 Å². The van der Waals surface area contributed by atoms with Crippen LogP contribution in [0.2, 0.25) is 0 Å². The van der Waals surface area contributed by atoms with Gasteiger partial charge in [0.05, 0.1) is 16.7 Å². The number of thiophene rings is 1. The highest BCUT2D eigenvalue weighted by Crippen LogP contribution is 2.29. The van der Waals surface area contributed by atoms with Crippen LogP contribution in [0.1, 0.15) is 0 Å². The molecule has 0 aromatic carbocycles. The summed E-state index contributed by atoms with van der Waals surface area (Å²) in [6.45, 7) is 0. The molecule has 3 nitrogen and oxygen atoms in total. The summed E-state index contributed by atoms with van der Waals surface area (Å²) >= 11 is -0.906. The molecule has 0 radical (unpaired) electrons. The maximum atomic E-state index is 10.6. The highest BCUT2D eigenvalue weighted by atomic mass is 32.2. The average Bonchev–Trinajstić information content (AvgIpc) is 2.75. The van der Waals surface area contributed by atoms with E-state index >= 15 is 0 Å². The van der Waals surface area contributed by atoms with Crippen molar-refractivity contribution in [2.45, 2.75) is 4.21 Å². The summed E-state index contributed by atoms with van der Waals surface area (Å²) in [5.41, 5.74) is 0.904. The predicted octanol–water partition coefficient (Wildman–Crippen LogP) is 2.25. The van der Waals surface area contributed by atoms with Gasteiger partial charge in [0.25, 0.3) is 0 Å². The van der Waals surface area contributed by atoms with Gasteiger partial charge in [0.15, 0.2) is 0 Å². The molecule has 68 valence electrons. The van der Waals surface area contributed by atoms with Gasteiger partial charge in [-0.1, -0.05) is 0 Å². The summed E-state index contributed by atoms with van der Waals surface area (Å²) in [7, 11) is 0. The number of furan rings is 1. The van der Waals surface area contributed by atoms with Gasteiger partial charge < -0.3 is 8.97 Å². The molecule has 13 heavy (non-hydrogen) atoms. The first-order valence-electron chi connectivity index (χ1n) is 3.49. The molecular formula is C8H5O3S2-. The van der Waals surface area contributed by atoms with E-state index in [1.54, 1.807) is 30.7 Å². The zero-order chi connectivity index (χ0) is 9.26. The van der Waals surface area contributed by atoms with Gasteiger partial charge in [-0.2, -0.15) is 0 Å². The van der Waals surface area contributed by atoms with Crippen LogP contribution in [0.15, 0.2) is 39.4 Å². The normalized spacial score (nSPS) is 13.0. The molecule has 0 aliphatic carbocycles. The van der Waals surface area contributed by atoms with Crippen LogP contribution < -0.4 is 0 Å². The fourth-order valence-electron chi connectivity index (χ4n) is 0.970. The topological polar surface area (TPSA) is 53.3 Å². The van der Waals surface area contributed by atoms with Crippen LogP contribution in [0, 0.1) is 0 Å². The molecule has 0 aliphatic rings. The Labute approximate surface area is 81.3 Å². The second kappa shape index (κ2) is 3.45. The predicted molar refractivity (Wildman–Crippen MR) is 49.2 cm³/mol. The molecule has 2 rings (SSSR count). The Balaban J connectivity index is 2.39. The minimum Gasteiger partial charge on any atom is -0.768 e. The molecule has 2 heterocycles. The standard InChI is InChI=1S/C8H6O3S2/c9-13(10)8-2-1-7(12-8)6-3-4-11-5-6/h1-5H,(H,9,10)/p-1. The first kappa shape index (κ1) is 8.68. The van der Waals surface area contributed by atoms with E-state index in [0.29, 0.717) is 4.21 Å². The molecule has 0 bridgehead atoms. The Morgan fingerprint density at radius 3 is 2.77 bits per heavy atom. The molecule has 0 amide bonds. The molecule has 1 unspecified atom stereocenters. The van der Waals surface area contributed by atoms with Gasteiger partial charge in [0, 0.05) is 10.4 Å². The molecule has 1 atom stereocenters. The number of hydrogen-bond acceptors (Lipinski definition) is 4. The van der Waals surface area contributed by atoms with Gasteiger partial charge in [-0.05, 0) is 29.3 Å². The van der Waals surface area contributed by atoms with E-state index in [4.69, 9.17) is 4.42 Å². The van der Waals surface area contributed by atoms with Crippen molar-refractivity contribution in [1.82, 2.24) is 0 Å². The van der Waals surface area contributed by atoms with Crippen molar-refractivity contribution < 1.29 is 13.2 Å². The van der Waals surface area contributed by atoms with E-state index in [-0.39, 0.29) is 0 Å². The average molecular weight is 213 g/mol. The third-order valence-electron chi connectivity index (χ3n) is 1.55. The minimum absolute atomic E-state index is 0.344. The highest BCUT2D eigenvalue weighted by Gasteiger charge is 2.03. The highest BCUT2D eigenvalue weighted by molar-refractivity contribution is 7.81. The first-order valence-corrected chi connectivity index (χ1v) is 5.38. The van der Waals surface area contributed by atoms with Crippen LogP contribution in [0.4, 0.5) is 0 Å². The fourth-order valence-corrected chi connectivity index (χ4v) is 2.41. The van der Waals surface area contributed by atoms with Crippen molar-refractivity contribution in [3.8, 4) is 10.4 Å². The zero-order valence-electron chi connectivity index (χ0n) is 6.43. The SMILES string of the molecule is O=S([O-])c1ccc(-c2ccoc2)s1. The van der Waals surface area contributed by atoms with E-state index in [2.05, 4.69) is 0 Å². The van der Waals surface area contributed by atoms with Crippen LogP contribution in [0.25, 0.3) is 10.4 Å². The summed E-state index contributed by atoms with van der Waals surface area (Å²) in [4.78, 5) is 0.896. The molecule has 2 aromatic heterocycles. The Morgan fingerprint density at radius 2 is 2.23 bits per heavy atom. The number of rotatable bonds is 2. The lowest BCUT2D eigenvalue weighted by Crippen LogP contribution is -1.80. The molecule has 0 fully saturated rings. The summed E-state index contributed by atoms with van der Waals surface area (Å²) in [6.07, 6.45) is 3.15. The molecular weight excluding hydrogens is 208 g/mol. The smallest absolute Gasteiger partial charge is 0.0989 e. The van der Waals surface area contributed by atoms with Crippen molar-refractivity contribution in [3.63, 3.8) is 0 Å². The number of hydrogen-bond donors (Lipinski definition) is 0. The van der Waals surface area contributed by atoms with Crippen LogP contribution in [0.3, 0.4) is 0 Å². The van der Waals surface area contributed by atoms with Gasteiger partial charge in [-0.3, -0.25) is 4.21 Å². The van der Waals surface area contributed by atoms with Crippen molar-refractivity contribution in [2.24, 2.45) is 0 Å². The fraction of sp³-hybridized carbons (Fsp3) is 0. The maximum Gasteiger partial charge on any atom is 0.0989 e. The maximum absolute atomic E-state index is 10.6. The van der Waals surface area contributed by atoms with E-state index in [9.17, 15) is 8.76 Å². The lowest BCUT2D eigenvalue weighted by molar-refractivity contribution is 0.539. The minimum atomic E-state index is -2.13. The third kappa shape index (κ3) is 1.72. The Hall–Kier alpha value is -0.910. The molecule has 0 aliphatic heterocycles. The van der Waals surface area contributed by atoms with Crippen molar-refractivity contribution in [1.29, 1.82) is 0 Å². The van der Waals surface area contributed by atoms with Gasteiger partial charge in [0.1, 0.15) is 0 Å². The van der Waals surface area contributed by atoms with Crippen LogP contribution in [0.5, 0.6) is 0 Å². The summed E-state index contributed by atoms with van der Waals surface area (Å²) in [5.74, 6) is 0. The van der Waals surface area contributed by atoms with Gasteiger partial charge in [-0.15, -0.1) is 11.3 Å². The molecule has 2 aromatic rings. The molecule has 0 spiro atoms. The molecule has 0 saturated heterocycles. The Morgan fingerprint density at radius 1 is 1.38 bits per heavy atom. The largest absolute Gasteiger partial charge is 0.768 e. The summed E-state index contributed by atoms with van der Waals surface area (Å²) in [5, 5.41) is 0. The van der Waals surface area contributed by atoms with Gasteiger partial charge in [0.2, 0.25) is 0 Å². The van der Waals surface area contributed by atoms with Gasteiger partial charge >= 0.3 is 0 Å². The van der Waals surface area contributed by atoms with E-state index in [1.165, 1.54) is 11.3 Å². The zero-order valence-corrected chi connectivity index (χ0v) is 8.06. The Kier molecular flexibility index (Phi) is 2.30.